The number of ether oxygens (including phenoxy) is 2. The molecule has 0 amide bonds. The molecule has 1 fully saturated rings. The average molecular weight is 207 g/mol. The Bertz CT molecular complexity index is 345. The third kappa shape index (κ3) is 2.85. The molecule has 15 heavy (non-hydrogen) atoms. The highest BCUT2D eigenvalue weighted by Crippen LogP contribution is 2.33. The van der Waals surface area contributed by atoms with Gasteiger partial charge in [-0.05, 0) is 33.6 Å². The second-order valence-electron chi connectivity index (χ2n) is 4.26. The number of hydrogen-bond acceptors (Lipinski definition) is 3. The number of pyridine rings is 1. The van der Waals surface area contributed by atoms with E-state index in [4.69, 9.17) is 9.47 Å². The summed E-state index contributed by atoms with van der Waals surface area (Å²) in [4.78, 5) is 4.22. The number of nitrogens with zero attached hydrogens (tertiary/aromatic N) is 1. The van der Waals surface area contributed by atoms with Crippen molar-refractivity contribution in [2.24, 2.45) is 0 Å². The van der Waals surface area contributed by atoms with E-state index in [9.17, 15) is 0 Å². The first kappa shape index (κ1) is 10.3. The van der Waals surface area contributed by atoms with Gasteiger partial charge in [-0.2, -0.15) is 0 Å². The van der Waals surface area contributed by atoms with Crippen molar-refractivity contribution in [2.75, 3.05) is 0 Å². The lowest BCUT2D eigenvalue weighted by Crippen LogP contribution is -2.08. The molecule has 0 atom stereocenters. The Morgan fingerprint density at radius 2 is 2.07 bits per heavy atom. The van der Waals surface area contributed by atoms with Crippen LogP contribution in [-0.2, 0) is 0 Å². The van der Waals surface area contributed by atoms with Crippen molar-refractivity contribution in [1.29, 1.82) is 0 Å². The Morgan fingerprint density at radius 1 is 1.33 bits per heavy atom. The summed E-state index contributed by atoms with van der Waals surface area (Å²) < 4.78 is 11.4. The zero-order chi connectivity index (χ0) is 10.8. The monoisotopic (exact) mass is 207 g/mol. The molecule has 0 aromatic carbocycles. The third-order valence-corrected chi connectivity index (χ3v) is 2.15. The van der Waals surface area contributed by atoms with Crippen LogP contribution in [0.2, 0.25) is 0 Å². The first-order chi connectivity index (χ1) is 7.15. The van der Waals surface area contributed by atoms with Crippen LogP contribution in [0.4, 0.5) is 0 Å². The quantitative estimate of drug-likeness (QED) is 0.760. The second kappa shape index (κ2) is 4.09. The predicted octanol–water partition coefficient (Wildman–Crippen LogP) is 2.72. The van der Waals surface area contributed by atoms with Crippen molar-refractivity contribution >= 4 is 0 Å². The molecule has 1 aliphatic rings. The predicted molar refractivity (Wildman–Crippen MR) is 58.4 cm³/mol. The Balaban J connectivity index is 2.17. The van der Waals surface area contributed by atoms with Gasteiger partial charge in [0.15, 0.2) is 11.5 Å². The van der Waals surface area contributed by atoms with Crippen molar-refractivity contribution in [3.8, 4) is 11.5 Å². The van der Waals surface area contributed by atoms with E-state index in [1.54, 1.807) is 6.20 Å². The smallest absolute Gasteiger partial charge is 0.179 e. The number of rotatable bonds is 4. The standard InChI is InChI=1S/C12H17NO2/c1-8(2)14-12-7-13-9(3)6-11(12)15-10-4-5-10/h6-8,10H,4-5H2,1-3H3. The van der Waals surface area contributed by atoms with Gasteiger partial charge >= 0.3 is 0 Å². The summed E-state index contributed by atoms with van der Waals surface area (Å²) in [5.41, 5.74) is 0.960. The van der Waals surface area contributed by atoms with E-state index < -0.39 is 0 Å². The molecule has 2 rings (SSSR count). The lowest BCUT2D eigenvalue weighted by Gasteiger charge is -2.14. The van der Waals surface area contributed by atoms with E-state index >= 15 is 0 Å². The van der Waals surface area contributed by atoms with Crippen molar-refractivity contribution in [3.63, 3.8) is 0 Å². The molecule has 1 aliphatic carbocycles. The van der Waals surface area contributed by atoms with Crippen LogP contribution in [0.3, 0.4) is 0 Å². The van der Waals surface area contributed by atoms with Gasteiger partial charge in [-0.3, -0.25) is 4.98 Å². The summed E-state index contributed by atoms with van der Waals surface area (Å²) in [5, 5.41) is 0. The van der Waals surface area contributed by atoms with E-state index in [2.05, 4.69) is 4.98 Å². The molecule has 82 valence electrons. The van der Waals surface area contributed by atoms with Crippen LogP contribution in [0, 0.1) is 6.92 Å². The van der Waals surface area contributed by atoms with E-state index in [0.29, 0.717) is 6.10 Å². The third-order valence-electron chi connectivity index (χ3n) is 2.15. The normalized spacial score (nSPS) is 15.5. The highest BCUT2D eigenvalue weighted by atomic mass is 16.5. The number of aromatic nitrogens is 1. The van der Waals surface area contributed by atoms with Crippen molar-refractivity contribution in [3.05, 3.63) is 18.0 Å². The van der Waals surface area contributed by atoms with Gasteiger partial charge in [-0.1, -0.05) is 0 Å². The van der Waals surface area contributed by atoms with Crippen LogP contribution in [-0.4, -0.2) is 17.2 Å². The minimum atomic E-state index is 0.149. The molecule has 3 heteroatoms. The van der Waals surface area contributed by atoms with Crippen molar-refractivity contribution < 1.29 is 9.47 Å². The average Bonchev–Trinajstić information content (AvgIpc) is 2.93. The zero-order valence-corrected chi connectivity index (χ0v) is 9.49. The van der Waals surface area contributed by atoms with Crippen LogP contribution in [0.25, 0.3) is 0 Å². The molecular formula is C12H17NO2. The Kier molecular flexibility index (Phi) is 2.80. The van der Waals surface area contributed by atoms with Gasteiger partial charge < -0.3 is 9.47 Å². The Labute approximate surface area is 90.4 Å². The summed E-state index contributed by atoms with van der Waals surface area (Å²) in [6.45, 7) is 5.96. The minimum absolute atomic E-state index is 0.149. The fourth-order valence-corrected chi connectivity index (χ4v) is 1.32. The molecular weight excluding hydrogens is 190 g/mol. The Hall–Kier alpha value is -1.25. The summed E-state index contributed by atoms with van der Waals surface area (Å²) in [7, 11) is 0. The molecule has 1 aromatic heterocycles. The van der Waals surface area contributed by atoms with Crippen LogP contribution in [0.5, 0.6) is 11.5 Å². The molecule has 0 saturated heterocycles. The van der Waals surface area contributed by atoms with Gasteiger partial charge in [0.2, 0.25) is 0 Å². The van der Waals surface area contributed by atoms with Crippen molar-refractivity contribution in [2.45, 2.75) is 45.8 Å². The summed E-state index contributed by atoms with van der Waals surface area (Å²) >= 11 is 0. The highest BCUT2D eigenvalue weighted by molar-refractivity contribution is 5.39. The van der Waals surface area contributed by atoms with E-state index in [-0.39, 0.29) is 6.10 Å². The lowest BCUT2D eigenvalue weighted by atomic mass is 10.3. The zero-order valence-electron chi connectivity index (χ0n) is 9.49. The van der Waals surface area contributed by atoms with E-state index in [1.165, 1.54) is 0 Å². The summed E-state index contributed by atoms with van der Waals surface area (Å²) in [5.74, 6) is 1.58. The van der Waals surface area contributed by atoms with Gasteiger partial charge in [0.05, 0.1) is 18.4 Å². The molecule has 0 spiro atoms. The summed E-state index contributed by atoms with van der Waals surface area (Å²) in [6.07, 6.45) is 4.59. The van der Waals surface area contributed by atoms with Crippen LogP contribution in [0.1, 0.15) is 32.4 Å². The molecule has 0 aliphatic heterocycles. The van der Waals surface area contributed by atoms with Gasteiger partial charge in [-0.25, -0.2) is 0 Å². The fourth-order valence-electron chi connectivity index (χ4n) is 1.32. The van der Waals surface area contributed by atoms with Gasteiger partial charge in [-0.15, -0.1) is 0 Å². The van der Waals surface area contributed by atoms with Gasteiger partial charge in [0.25, 0.3) is 0 Å². The molecule has 1 aromatic rings. The highest BCUT2D eigenvalue weighted by Gasteiger charge is 2.25. The summed E-state index contributed by atoms with van der Waals surface area (Å²) in [6, 6.07) is 1.94. The van der Waals surface area contributed by atoms with Crippen LogP contribution < -0.4 is 9.47 Å². The topological polar surface area (TPSA) is 31.4 Å². The van der Waals surface area contributed by atoms with E-state index in [0.717, 1.165) is 30.0 Å². The maximum atomic E-state index is 5.77. The fraction of sp³-hybridized carbons (Fsp3) is 0.583. The van der Waals surface area contributed by atoms with Crippen molar-refractivity contribution in [1.82, 2.24) is 4.98 Å². The largest absolute Gasteiger partial charge is 0.486 e. The second-order valence-corrected chi connectivity index (χ2v) is 4.26. The van der Waals surface area contributed by atoms with Gasteiger partial charge in [0, 0.05) is 11.8 Å². The number of hydrogen-bond donors (Lipinski definition) is 0. The van der Waals surface area contributed by atoms with E-state index in [1.807, 2.05) is 26.8 Å². The van der Waals surface area contributed by atoms with Gasteiger partial charge in [0.1, 0.15) is 0 Å². The first-order valence-corrected chi connectivity index (χ1v) is 5.45. The lowest BCUT2D eigenvalue weighted by molar-refractivity contribution is 0.216. The molecule has 3 nitrogen and oxygen atoms in total. The molecule has 0 unspecified atom stereocenters. The molecule has 1 saturated carbocycles. The SMILES string of the molecule is Cc1cc(OC2CC2)c(OC(C)C)cn1. The minimum Gasteiger partial charge on any atom is -0.486 e. The molecule has 0 radical (unpaired) electrons. The first-order valence-electron chi connectivity index (χ1n) is 5.45. The molecule has 0 N–H and O–H groups in total. The Morgan fingerprint density at radius 3 is 2.67 bits per heavy atom. The molecule has 1 heterocycles. The number of aryl methyl sites for hydroxylation is 1. The molecule has 0 bridgehead atoms. The maximum Gasteiger partial charge on any atom is 0.179 e. The van der Waals surface area contributed by atoms with Crippen LogP contribution >= 0.6 is 0 Å². The maximum absolute atomic E-state index is 5.77. The van der Waals surface area contributed by atoms with Crippen LogP contribution in [0.15, 0.2) is 12.3 Å².